The lowest BCUT2D eigenvalue weighted by Crippen LogP contribution is -2.34. The number of nitrogens with zero attached hydrogens (tertiary/aromatic N) is 1. The highest BCUT2D eigenvalue weighted by molar-refractivity contribution is 5.85. The summed E-state index contributed by atoms with van der Waals surface area (Å²) in [6, 6.07) is 9.74. The zero-order valence-corrected chi connectivity index (χ0v) is 10.3. The van der Waals surface area contributed by atoms with Crippen LogP contribution in [0.25, 0.3) is 0 Å². The molecule has 1 atom stereocenters. The predicted molar refractivity (Wildman–Crippen MR) is 70.5 cm³/mol. The van der Waals surface area contributed by atoms with Gasteiger partial charge in [0.05, 0.1) is 0 Å². The fourth-order valence-electron chi connectivity index (χ4n) is 2.47. The minimum Gasteiger partial charge on any atom is -0.372 e. The Bertz CT molecular complexity index is 326. The molecule has 3 rings (SSSR count). The van der Waals surface area contributed by atoms with Gasteiger partial charge in [0.25, 0.3) is 0 Å². The molecule has 2 nitrogen and oxygen atoms in total. The molecule has 1 N–H and O–H groups in total. The van der Waals surface area contributed by atoms with E-state index in [0.29, 0.717) is 6.04 Å². The van der Waals surface area contributed by atoms with Crippen LogP contribution in [0.1, 0.15) is 30.9 Å². The smallest absolute Gasteiger partial charge is 0.0366 e. The molecule has 88 valence electrons. The second-order valence-electron chi connectivity index (χ2n) is 4.58. The molecule has 0 aromatic heterocycles. The van der Waals surface area contributed by atoms with Crippen LogP contribution >= 0.6 is 12.4 Å². The van der Waals surface area contributed by atoms with Crippen LogP contribution < -0.4 is 10.2 Å². The van der Waals surface area contributed by atoms with E-state index in [-0.39, 0.29) is 12.4 Å². The third kappa shape index (κ3) is 2.18. The second kappa shape index (κ2) is 5.07. The van der Waals surface area contributed by atoms with Gasteiger partial charge in [0.2, 0.25) is 0 Å². The number of nitrogens with one attached hydrogen (secondary N) is 1. The second-order valence-corrected chi connectivity index (χ2v) is 4.58. The summed E-state index contributed by atoms with van der Waals surface area (Å²) in [5.74, 6) is 0. The average Bonchev–Trinajstić information content (AvgIpc) is 2.69. The van der Waals surface area contributed by atoms with E-state index in [4.69, 9.17) is 0 Å². The zero-order chi connectivity index (χ0) is 10.1. The molecule has 1 aromatic rings. The number of benzene rings is 1. The van der Waals surface area contributed by atoms with Gasteiger partial charge in [-0.1, -0.05) is 12.1 Å². The Hall–Kier alpha value is -0.730. The van der Waals surface area contributed by atoms with Crippen LogP contribution in [0.15, 0.2) is 24.3 Å². The van der Waals surface area contributed by atoms with E-state index in [9.17, 15) is 0 Å². The maximum atomic E-state index is 3.44. The highest BCUT2D eigenvalue weighted by atomic mass is 35.5. The first-order chi connectivity index (χ1) is 7.43. The Morgan fingerprint density at radius 1 is 1.06 bits per heavy atom. The molecular formula is C13H19ClN2. The van der Waals surface area contributed by atoms with Gasteiger partial charge >= 0.3 is 0 Å². The van der Waals surface area contributed by atoms with Crippen LogP contribution in [0.5, 0.6) is 0 Å². The van der Waals surface area contributed by atoms with E-state index >= 15 is 0 Å². The molecule has 0 bridgehead atoms. The lowest BCUT2D eigenvalue weighted by Gasteiger charge is -2.28. The Morgan fingerprint density at radius 3 is 2.19 bits per heavy atom. The maximum absolute atomic E-state index is 3.44. The Balaban J connectivity index is 0.000000963. The average molecular weight is 239 g/mol. The summed E-state index contributed by atoms with van der Waals surface area (Å²) in [7, 11) is 0. The van der Waals surface area contributed by atoms with Gasteiger partial charge < -0.3 is 10.2 Å². The molecule has 2 aliphatic heterocycles. The van der Waals surface area contributed by atoms with Crippen LogP contribution in [0, 0.1) is 0 Å². The topological polar surface area (TPSA) is 15.3 Å². The van der Waals surface area contributed by atoms with Crippen molar-refractivity contribution < 1.29 is 0 Å². The van der Waals surface area contributed by atoms with Crippen molar-refractivity contribution in [1.82, 2.24) is 5.32 Å². The Labute approximate surface area is 103 Å². The van der Waals surface area contributed by atoms with Gasteiger partial charge in [0, 0.05) is 24.8 Å². The first-order valence-corrected chi connectivity index (χ1v) is 6.02. The van der Waals surface area contributed by atoms with E-state index in [1.807, 2.05) is 0 Å². The number of rotatable bonds is 2. The molecule has 2 fully saturated rings. The maximum Gasteiger partial charge on any atom is 0.0366 e. The van der Waals surface area contributed by atoms with Crippen molar-refractivity contribution in [3.63, 3.8) is 0 Å². The van der Waals surface area contributed by atoms with E-state index in [0.717, 1.165) is 0 Å². The molecule has 2 heterocycles. The van der Waals surface area contributed by atoms with Crippen LogP contribution in [-0.4, -0.2) is 19.6 Å². The minimum atomic E-state index is 0. The van der Waals surface area contributed by atoms with Crippen LogP contribution in [0.3, 0.4) is 0 Å². The van der Waals surface area contributed by atoms with Crippen LogP contribution in [-0.2, 0) is 0 Å². The number of halogens is 1. The molecule has 0 amide bonds. The summed E-state index contributed by atoms with van der Waals surface area (Å²) in [6.45, 7) is 3.65. The molecule has 0 spiro atoms. The first-order valence-electron chi connectivity index (χ1n) is 6.02. The van der Waals surface area contributed by atoms with Gasteiger partial charge in [-0.15, -0.1) is 12.4 Å². The molecule has 0 unspecified atom stereocenters. The third-order valence-corrected chi connectivity index (χ3v) is 3.59. The van der Waals surface area contributed by atoms with Crippen molar-refractivity contribution in [3.8, 4) is 0 Å². The predicted octanol–water partition coefficient (Wildman–Crippen LogP) is 2.74. The molecular weight excluding hydrogens is 220 g/mol. The van der Waals surface area contributed by atoms with Crippen molar-refractivity contribution in [2.24, 2.45) is 0 Å². The van der Waals surface area contributed by atoms with E-state index < -0.39 is 0 Å². The standard InChI is InChI=1S/C13H18N2.ClH/c1-2-10-15(9-1)12-5-3-11(4-6-12)13-7-8-14-13;/h3-6,13-14H,1-2,7-10H2;1H/t13-;/m1./s1. The first kappa shape index (κ1) is 11.7. The number of anilines is 1. The van der Waals surface area contributed by atoms with Gasteiger partial charge in [-0.2, -0.15) is 0 Å². The Morgan fingerprint density at radius 2 is 1.69 bits per heavy atom. The van der Waals surface area contributed by atoms with Gasteiger partial charge in [0.1, 0.15) is 0 Å². The fraction of sp³-hybridized carbons (Fsp3) is 0.538. The van der Waals surface area contributed by atoms with Crippen LogP contribution in [0.2, 0.25) is 0 Å². The summed E-state index contributed by atoms with van der Waals surface area (Å²) in [5.41, 5.74) is 2.85. The van der Waals surface area contributed by atoms with E-state index in [1.165, 1.54) is 50.1 Å². The van der Waals surface area contributed by atoms with Gasteiger partial charge in [0.15, 0.2) is 0 Å². The summed E-state index contributed by atoms with van der Waals surface area (Å²) >= 11 is 0. The molecule has 3 heteroatoms. The highest BCUT2D eigenvalue weighted by Gasteiger charge is 2.18. The summed E-state index contributed by atoms with van der Waals surface area (Å²) in [4.78, 5) is 2.48. The van der Waals surface area contributed by atoms with Gasteiger partial charge in [-0.25, -0.2) is 0 Å². The quantitative estimate of drug-likeness (QED) is 0.853. The van der Waals surface area contributed by atoms with Crippen molar-refractivity contribution in [3.05, 3.63) is 29.8 Å². The normalized spacial score (nSPS) is 23.8. The lowest BCUT2D eigenvalue weighted by molar-refractivity contribution is 0.383. The molecule has 2 saturated heterocycles. The van der Waals surface area contributed by atoms with Crippen molar-refractivity contribution in [2.45, 2.75) is 25.3 Å². The summed E-state index contributed by atoms with van der Waals surface area (Å²) in [6.07, 6.45) is 4.00. The largest absolute Gasteiger partial charge is 0.372 e. The SMILES string of the molecule is Cl.c1cc(N2CCCC2)ccc1[C@H]1CCN1. The molecule has 0 saturated carbocycles. The lowest BCUT2D eigenvalue weighted by atomic mass is 9.98. The van der Waals surface area contributed by atoms with Crippen molar-refractivity contribution in [2.75, 3.05) is 24.5 Å². The highest BCUT2D eigenvalue weighted by Crippen LogP contribution is 2.26. The number of hydrogen-bond donors (Lipinski definition) is 1. The zero-order valence-electron chi connectivity index (χ0n) is 9.48. The molecule has 0 aliphatic carbocycles. The molecule has 2 aliphatic rings. The van der Waals surface area contributed by atoms with Gasteiger partial charge in [-0.3, -0.25) is 0 Å². The summed E-state index contributed by atoms with van der Waals surface area (Å²) in [5, 5.41) is 3.44. The molecule has 0 radical (unpaired) electrons. The fourth-order valence-corrected chi connectivity index (χ4v) is 2.47. The van der Waals surface area contributed by atoms with Crippen molar-refractivity contribution >= 4 is 18.1 Å². The Kier molecular flexibility index (Phi) is 3.72. The minimum absolute atomic E-state index is 0. The van der Waals surface area contributed by atoms with E-state index in [2.05, 4.69) is 34.5 Å². The third-order valence-electron chi connectivity index (χ3n) is 3.59. The summed E-state index contributed by atoms with van der Waals surface area (Å²) < 4.78 is 0. The molecule has 16 heavy (non-hydrogen) atoms. The monoisotopic (exact) mass is 238 g/mol. The van der Waals surface area contributed by atoms with Gasteiger partial charge in [-0.05, 0) is 43.5 Å². The van der Waals surface area contributed by atoms with E-state index in [1.54, 1.807) is 0 Å². The number of hydrogen-bond acceptors (Lipinski definition) is 2. The van der Waals surface area contributed by atoms with Crippen LogP contribution in [0.4, 0.5) is 5.69 Å². The van der Waals surface area contributed by atoms with Crippen molar-refractivity contribution in [1.29, 1.82) is 0 Å². The molecule has 1 aromatic carbocycles.